The first-order valence-electron chi connectivity index (χ1n) is 8.04. The molecule has 1 aliphatic rings. The molecule has 118 valence electrons. The first-order chi connectivity index (χ1) is 10.8. The van der Waals surface area contributed by atoms with Crippen molar-refractivity contribution >= 4 is 5.95 Å². The molecule has 2 aromatic heterocycles. The lowest BCUT2D eigenvalue weighted by Crippen LogP contribution is -2.32. The zero-order valence-electron chi connectivity index (χ0n) is 13.2. The molecule has 6 nitrogen and oxygen atoms in total. The van der Waals surface area contributed by atoms with Crippen LogP contribution in [0.15, 0.2) is 30.9 Å². The van der Waals surface area contributed by atoms with Crippen LogP contribution in [-0.2, 0) is 6.54 Å². The van der Waals surface area contributed by atoms with Crippen molar-refractivity contribution in [1.82, 2.24) is 24.6 Å². The van der Waals surface area contributed by atoms with Gasteiger partial charge in [0.05, 0.1) is 6.20 Å². The summed E-state index contributed by atoms with van der Waals surface area (Å²) in [7, 11) is 0. The summed E-state index contributed by atoms with van der Waals surface area (Å²) in [5.74, 6) is 0.858. The van der Waals surface area contributed by atoms with Crippen molar-refractivity contribution in [2.45, 2.75) is 26.3 Å². The van der Waals surface area contributed by atoms with Gasteiger partial charge in [-0.15, -0.1) is 0 Å². The lowest BCUT2D eigenvalue weighted by atomic mass is 10.3. The van der Waals surface area contributed by atoms with Gasteiger partial charge in [-0.25, -0.2) is 9.97 Å². The van der Waals surface area contributed by atoms with Crippen LogP contribution >= 0.6 is 0 Å². The predicted octanol–water partition coefficient (Wildman–Crippen LogP) is 1.58. The Morgan fingerprint density at radius 2 is 1.91 bits per heavy atom. The third-order valence-electron chi connectivity index (χ3n) is 4.05. The van der Waals surface area contributed by atoms with Crippen molar-refractivity contribution in [2.75, 3.05) is 37.6 Å². The Labute approximate surface area is 131 Å². The quantitative estimate of drug-likeness (QED) is 0.839. The zero-order chi connectivity index (χ0) is 15.2. The van der Waals surface area contributed by atoms with Gasteiger partial charge in [0.15, 0.2) is 0 Å². The van der Waals surface area contributed by atoms with E-state index in [1.807, 2.05) is 29.3 Å². The summed E-state index contributed by atoms with van der Waals surface area (Å²) in [6, 6.07) is 1.87. The minimum atomic E-state index is 0.858. The number of aryl methyl sites for hydroxylation is 2. The van der Waals surface area contributed by atoms with E-state index >= 15 is 0 Å². The molecule has 2 aromatic rings. The zero-order valence-corrected chi connectivity index (χ0v) is 13.2. The van der Waals surface area contributed by atoms with E-state index in [0.29, 0.717) is 0 Å². The molecule has 0 bridgehead atoms. The van der Waals surface area contributed by atoms with Crippen molar-refractivity contribution in [3.8, 4) is 0 Å². The Hall–Kier alpha value is -1.95. The third-order valence-corrected chi connectivity index (χ3v) is 4.05. The van der Waals surface area contributed by atoms with Gasteiger partial charge in [0, 0.05) is 44.8 Å². The van der Waals surface area contributed by atoms with Crippen LogP contribution in [0.5, 0.6) is 0 Å². The smallest absolute Gasteiger partial charge is 0.225 e. The average molecular weight is 300 g/mol. The lowest BCUT2D eigenvalue weighted by molar-refractivity contribution is 0.281. The fourth-order valence-electron chi connectivity index (χ4n) is 2.89. The van der Waals surface area contributed by atoms with Crippen molar-refractivity contribution in [3.63, 3.8) is 0 Å². The lowest BCUT2D eigenvalue weighted by Gasteiger charge is -2.21. The van der Waals surface area contributed by atoms with E-state index in [1.165, 1.54) is 12.0 Å². The van der Waals surface area contributed by atoms with Gasteiger partial charge in [0.25, 0.3) is 0 Å². The summed E-state index contributed by atoms with van der Waals surface area (Å²) in [4.78, 5) is 13.5. The second-order valence-electron chi connectivity index (χ2n) is 5.87. The van der Waals surface area contributed by atoms with E-state index < -0.39 is 0 Å². The van der Waals surface area contributed by atoms with E-state index in [-0.39, 0.29) is 0 Å². The molecule has 3 rings (SSSR count). The molecular weight excluding hydrogens is 276 g/mol. The van der Waals surface area contributed by atoms with E-state index in [2.05, 4.69) is 38.0 Å². The molecule has 0 aliphatic carbocycles. The monoisotopic (exact) mass is 300 g/mol. The van der Waals surface area contributed by atoms with Gasteiger partial charge >= 0.3 is 0 Å². The molecule has 1 aliphatic heterocycles. The predicted molar refractivity (Wildman–Crippen MR) is 86.9 cm³/mol. The maximum Gasteiger partial charge on any atom is 0.225 e. The van der Waals surface area contributed by atoms with Gasteiger partial charge in [0.1, 0.15) is 0 Å². The van der Waals surface area contributed by atoms with Crippen LogP contribution in [0, 0.1) is 6.92 Å². The van der Waals surface area contributed by atoms with Gasteiger partial charge in [-0.3, -0.25) is 4.68 Å². The van der Waals surface area contributed by atoms with Crippen LogP contribution < -0.4 is 4.90 Å². The Morgan fingerprint density at radius 3 is 2.68 bits per heavy atom. The number of aromatic nitrogens is 4. The van der Waals surface area contributed by atoms with Crippen LogP contribution in [0.3, 0.4) is 0 Å². The molecule has 3 heterocycles. The maximum absolute atomic E-state index is 4.36. The van der Waals surface area contributed by atoms with Gasteiger partial charge in [-0.05, 0) is 44.5 Å². The van der Waals surface area contributed by atoms with Crippen molar-refractivity contribution in [1.29, 1.82) is 0 Å². The third kappa shape index (κ3) is 4.04. The molecule has 0 amide bonds. The Kier molecular flexibility index (Phi) is 5.00. The Morgan fingerprint density at radius 1 is 1.05 bits per heavy atom. The van der Waals surface area contributed by atoms with Crippen LogP contribution in [-0.4, -0.2) is 57.4 Å². The topological polar surface area (TPSA) is 50.1 Å². The maximum atomic E-state index is 4.36. The number of nitrogens with zero attached hydrogens (tertiary/aromatic N) is 6. The van der Waals surface area contributed by atoms with Crippen molar-refractivity contribution < 1.29 is 0 Å². The SMILES string of the molecule is Cc1cnn(CCCN2CCCN(c3ncccn3)CC2)c1. The highest BCUT2D eigenvalue weighted by Gasteiger charge is 2.16. The first-order valence-corrected chi connectivity index (χ1v) is 8.04. The summed E-state index contributed by atoms with van der Waals surface area (Å²) in [5.41, 5.74) is 1.23. The van der Waals surface area contributed by atoms with E-state index in [0.717, 1.165) is 51.6 Å². The Balaban J connectivity index is 1.44. The summed E-state index contributed by atoms with van der Waals surface area (Å²) in [6.07, 6.45) is 9.97. The summed E-state index contributed by atoms with van der Waals surface area (Å²) >= 11 is 0. The summed E-state index contributed by atoms with van der Waals surface area (Å²) < 4.78 is 2.04. The van der Waals surface area contributed by atoms with E-state index in [4.69, 9.17) is 0 Å². The largest absolute Gasteiger partial charge is 0.339 e. The number of rotatable bonds is 5. The highest BCUT2D eigenvalue weighted by atomic mass is 15.3. The molecule has 0 spiro atoms. The minimum absolute atomic E-state index is 0.858. The first kappa shape index (κ1) is 15.0. The molecule has 0 saturated carbocycles. The van der Waals surface area contributed by atoms with Crippen molar-refractivity contribution in [2.24, 2.45) is 0 Å². The standard InChI is InChI=1S/C16H24N6/c1-15-13-19-22(14-15)10-4-8-20-7-3-9-21(12-11-20)16-17-5-2-6-18-16/h2,5-6,13-14H,3-4,7-12H2,1H3. The minimum Gasteiger partial charge on any atom is -0.339 e. The molecule has 0 atom stereocenters. The molecule has 1 saturated heterocycles. The van der Waals surface area contributed by atoms with Crippen LogP contribution in [0.2, 0.25) is 0 Å². The average Bonchev–Trinajstić information content (AvgIpc) is 2.82. The highest BCUT2D eigenvalue weighted by Crippen LogP contribution is 2.10. The molecule has 0 aromatic carbocycles. The summed E-state index contributed by atoms with van der Waals surface area (Å²) in [6.45, 7) is 8.48. The fourth-order valence-corrected chi connectivity index (χ4v) is 2.89. The molecule has 0 radical (unpaired) electrons. The molecule has 0 N–H and O–H groups in total. The highest BCUT2D eigenvalue weighted by molar-refractivity contribution is 5.28. The van der Waals surface area contributed by atoms with Crippen molar-refractivity contribution in [3.05, 3.63) is 36.4 Å². The van der Waals surface area contributed by atoms with E-state index in [9.17, 15) is 0 Å². The van der Waals surface area contributed by atoms with Crippen LogP contribution in [0.4, 0.5) is 5.95 Å². The number of anilines is 1. The van der Waals surface area contributed by atoms with Crippen LogP contribution in [0.1, 0.15) is 18.4 Å². The number of hydrogen-bond donors (Lipinski definition) is 0. The van der Waals surface area contributed by atoms with Gasteiger partial charge in [0.2, 0.25) is 5.95 Å². The molecule has 1 fully saturated rings. The number of hydrogen-bond acceptors (Lipinski definition) is 5. The van der Waals surface area contributed by atoms with E-state index in [1.54, 1.807) is 0 Å². The van der Waals surface area contributed by atoms with Crippen LogP contribution in [0.25, 0.3) is 0 Å². The van der Waals surface area contributed by atoms with Gasteiger partial charge in [-0.2, -0.15) is 5.10 Å². The van der Waals surface area contributed by atoms with Gasteiger partial charge < -0.3 is 9.80 Å². The molecule has 0 unspecified atom stereocenters. The second-order valence-corrected chi connectivity index (χ2v) is 5.87. The fraction of sp³-hybridized carbons (Fsp3) is 0.562. The normalized spacial score (nSPS) is 16.7. The molecule has 6 heteroatoms. The summed E-state index contributed by atoms with van der Waals surface area (Å²) in [5, 5.41) is 4.34. The molecular formula is C16H24N6. The van der Waals surface area contributed by atoms with Gasteiger partial charge in [-0.1, -0.05) is 0 Å². The second kappa shape index (κ2) is 7.35. The Bertz CT molecular complexity index is 567. The molecule has 22 heavy (non-hydrogen) atoms.